The molecule has 2 heterocycles. The minimum atomic E-state index is 0.274. The van der Waals surface area contributed by atoms with Crippen LogP contribution in [0.4, 0.5) is 0 Å². The van der Waals surface area contributed by atoms with E-state index in [1.807, 2.05) is 66.7 Å². The van der Waals surface area contributed by atoms with E-state index in [1.165, 1.54) is 43.2 Å². The Bertz CT molecular complexity index is 2770. The molecule has 0 N–H and O–H groups in total. The van der Waals surface area contributed by atoms with Gasteiger partial charge in [0.2, 0.25) is 0 Å². The summed E-state index contributed by atoms with van der Waals surface area (Å²) in [5.74, 6) is 3.00. The molecule has 0 amide bonds. The summed E-state index contributed by atoms with van der Waals surface area (Å²) in [6.07, 6.45) is 6.63. The molecule has 2 saturated carbocycles. The number of fused-ring (bicyclic) bond motifs is 5. The zero-order valence-electron chi connectivity index (χ0n) is 31.9. The van der Waals surface area contributed by atoms with Gasteiger partial charge in [-0.15, -0.1) is 0 Å². The monoisotopic (exact) mass is 725 g/mol. The van der Waals surface area contributed by atoms with Crippen molar-refractivity contribution in [3.05, 3.63) is 157 Å². The highest BCUT2D eigenvalue weighted by molar-refractivity contribution is 6.09. The van der Waals surface area contributed by atoms with Crippen molar-refractivity contribution in [1.82, 2.24) is 9.97 Å². The molecule has 10 rings (SSSR count). The fraction of sp³-hybridized carbons (Fsp3) is 0.212. The number of nitrogens with zero attached hydrogens (tertiary/aromatic N) is 3. The van der Waals surface area contributed by atoms with Gasteiger partial charge in [0.1, 0.15) is 11.2 Å². The topological polar surface area (TPSA) is 62.7 Å². The predicted octanol–water partition coefficient (Wildman–Crippen LogP) is 13.7. The van der Waals surface area contributed by atoms with E-state index in [0.717, 1.165) is 84.5 Å². The maximum atomic E-state index is 9.74. The molecule has 0 saturated heterocycles. The summed E-state index contributed by atoms with van der Waals surface area (Å²) >= 11 is 0. The van der Waals surface area contributed by atoms with Crippen LogP contribution in [-0.4, -0.2) is 9.97 Å². The smallest absolute Gasteiger partial charge is 0.160 e. The van der Waals surface area contributed by atoms with Crippen LogP contribution in [-0.2, 0) is 5.41 Å². The van der Waals surface area contributed by atoms with Gasteiger partial charge in [0.05, 0.1) is 23.0 Å². The molecule has 2 fully saturated rings. The number of hydrogen-bond acceptors (Lipinski definition) is 4. The lowest BCUT2D eigenvalue weighted by molar-refractivity contribution is 0.0780. The maximum Gasteiger partial charge on any atom is 0.160 e. The third-order valence-corrected chi connectivity index (χ3v) is 12.4. The minimum Gasteiger partial charge on any atom is -0.455 e. The van der Waals surface area contributed by atoms with E-state index in [4.69, 9.17) is 14.4 Å². The third kappa shape index (κ3) is 6.18. The second kappa shape index (κ2) is 13.8. The minimum absolute atomic E-state index is 0.274. The van der Waals surface area contributed by atoms with Crippen LogP contribution in [0.2, 0.25) is 0 Å². The highest BCUT2D eigenvalue weighted by atomic mass is 16.3. The van der Waals surface area contributed by atoms with E-state index in [1.54, 1.807) is 0 Å². The van der Waals surface area contributed by atoms with Gasteiger partial charge in [0.15, 0.2) is 5.82 Å². The summed E-state index contributed by atoms with van der Waals surface area (Å²) in [7, 11) is 0. The van der Waals surface area contributed by atoms with Crippen molar-refractivity contribution in [3.8, 4) is 62.2 Å². The Labute approximate surface area is 328 Å². The van der Waals surface area contributed by atoms with E-state index >= 15 is 0 Å². The van der Waals surface area contributed by atoms with Crippen molar-refractivity contribution in [3.63, 3.8) is 0 Å². The van der Waals surface area contributed by atoms with Crippen LogP contribution in [0.3, 0.4) is 0 Å². The fourth-order valence-corrected chi connectivity index (χ4v) is 10.4. The van der Waals surface area contributed by atoms with Gasteiger partial charge in [-0.25, -0.2) is 9.97 Å². The molecular formula is C52H43N3O. The SMILES string of the molecule is C[C@@H]1CC2C[C@@H](C)CC(c3ccc(-c4cc(-c5cc(-c6cccc(C#N)c6)nc(-c6ccccc6)n5)cc(-c5cccc6c5oc5ccccc56)c4)cc3)(C2)C1. The second-order valence-corrected chi connectivity index (χ2v) is 16.6. The Balaban J connectivity index is 1.16. The number of para-hydroxylation sites is 2. The van der Waals surface area contributed by atoms with Gasteiger partial charge in [0, 0.05) is 33.0 Å². The molecule has 272 valence electrons. The maximum absolute atomic E-state index is 9.74. The Kier molecular flexibility index (Phi) is 8.41. The van der Waals surface area contributed by atoms with Gasteiger partial charge >= 0.3 is 0 Å². The molecule has 56 heavy (non-hydrogen) atoms. The lowest BCUT2D eigenvalue weighted by Crippen LogP contribution is -2.42. The highest BCUT2D eigenvalue weighted by Crippen LogP contribution is 2.54. The highest BCUT2D eigenvalue weighted by Gasteiger charge is 2.45. The fourth-order valence-electron chi connectivity index (χ4n) is 10.4. The van der Waals surface area contributed by atoms with Crippen molar-refractivity contribution in [2.75, 3.05) is 0 Å². The summed E-state index contributed by atoms with van der Waals surface area (Å²) in [5.41, 5.74) is 12.9. The van der Waals surface area contributed by atoms with Crippen LogP contribution in [0, 0.1) is 29.1 Å². The quantitative estimate of drug-likeness (QED) is 0.171. The van der Waals surface area contributed by atoms with E-state index in [9.17, 15) is 5.26 Å². The summed E-state index contributed by atoms with van der Waals surface area (Å²) in [5, 5.41) is 12.0. The Morgan fingerprint density at radius 2 is 1.23 bits per heavy atom. The van der Waals surface area contributed by atoms with Gasteiger partial charge in [-0.1, -0.05) is 117 Å². The molecule has 0 aliphatic heterocycles. The van der Waals surface area contributed by atoms with E-state index in [0.29, 0.717) is 11.4 Å². The molecule has 0 spiro atoms. The number of aromatic nitrogens is 2. The standard InChI is InChI=1S/C52H43N3O/c1-33-22-36-23-34(2)30-52(29-33,31-36)43-20-18-37(19-21-43)40-25-41(44-15-9-16-46-45-14-6-7-17-49(45)56-50(44)46)27-42(26-40)48-28-47(39-13-8-10-35(24-39)32-53)54-51(55-48)38-11-4-3-5-12-38/h3-21,24-28,33-34,36H,22-23,29-31H2,1-2H3/t33-,34-,36?,52?/m1/s1. The molecule has 2 aromatic heterocycles. The molecule has 6 aromatic carbocycles. The van der Waals surface area contributed by atoms with Gasteiger partial charge in [-0.3, -0.25) is 0 Å². The van der Waals surface area contributed by atoms with Crippen molar-refractivity contribution < 1.29 is 4.42 Å². The third-order valence-electron chi connectivity index (χ3n) is 12.4. The zero-order valence-corrected chi connectivity index (χ0v) is 31.9. The van der Waals surface area contributed by atoms with Crippen LogP contribution >= 0.6 is 0 Å². The van der Waals surface area contributed by atoms with Crippen molar-refractivity contribution in [2.24, 2.45) is 17.8 Å². The summed E-state index contributed by atoms with van der Waals surface area (Å²) < 4.78 is 6.59. The molecule has 0 unspecified atom stereocenters. The predicted molar refractivity (Wildman–Crippen MR) is 228 cm³/mol. The molecule has 0 radical (unpaired) electrons. The number of hydrogen-bond donors (Lipinski definition) is 0. The second-order valence-electron chi connectivity index (χ2n) is 16.6. The first kappa shape index (κ1) is 34.2. The molecule has 2 bridgehead atoms. The number of nitriles is 1. The van der Waals surface area contributed by atoms with E-state index < -0.39 is 0 Å². The lowest BCUT2D eigenvalue weighted by Gasteiger charge is -2.50. The summed E-state index contributed by atoms with van der Waals surface area (Å²) in [4.78, 5) is 10.3. The molecule has 8 aromatic rings. The molecule has 2 aliphatic rings. The number of furan rings is 1. The van der Waals surface area contributed by atoms with Crippen LogP contribution in [0.5, 0.6) is 0 Å². The first-order valence-electron chi connectivity index (χ1n) is 20.0. The van der Waals surface area contributed by atoms with Crippen LogP contribution in [0.1, 0.15) is 57.1 Å². The van der Waals surface area contributed by atoms with Gasteiger partial charge in [-0.2, -0.15) is 5.26 Å². The van der Waals surface area contributed by atoms with Gasteiger partial charge in [0.25, 0.3) is 0 Å². The average Bonchev–Trinajstić information content (AvgIpc) is 3.62. The van der Waals surface area contributed by atoms with E-state index in [-0.39, 0.29) is 5.41 Å². The number of benzene rings is 6. The number of rotatable bonds is 6. The van der Waals surface area contributed by atoms with Crippen molar-refractivity contribution in [1.29, 1.82) is 5.26 Å². The van der Waals surface area contributed by atoms with E-state index in [2.05, 4.69) is 98.8 Å². The largest absolute Gasteiger partial charge is 0.455 e. The Morgan fingerprint density at radius 1 is 0.571 bits per heavy atom. The van der Waals surface area contributed by atoms with Gasteiger partial charge in [-0.05, 0) is 120 Å². The lowest BCUT2D eigenvalue weighted by atomic mass is 9.54. The molecule has 2 aliphatic carbocycles. The average molecular weight is 726 g/mol. The van der Waals surface area contributed by atoms with Crippen LogP contribution in [0.25, 0.3) is 78.1 Å². The van der Waals surface area contributed by atoms with Gasteiger partial charge < -0.3 is 4.42 Å². The summed E-state index contributed by atoms with van der Waals surface area (Å²) in [6, 6.07) is 53.2. The molecule has 4 heteroatoms. The van der Waals surface area contributed by atoms with Crippen molar-refractivity contribution >= 4 is 21.9 Å². The Morgan fingerprint density at radius 3 is 2.02 bits per heavy atom. The Hall–Kier alpha value is -6.31. The molecule has 4 nitrogen and oxygen atoms in total. The van der Waals surface area contributed by atoms with Crippen LogP contribution in [0.15, 0.2) is 150 Å². The zero-order chi connectivity index (χ0) is 37.8. The normalized spacial score (nSPS) is 20.6. The summed E-state index contributed by atoms with van der Waals surface area (Å²) in [6.45, 7) is 4.92. The molecular weight excluding hydrogens is 683 g/mol. The van der Waals surface area contributed by atoms with Crippen LogP contribution < -0.4 is 0 Å². The molecule has 2 atom stereocenters. The van der Waals surface area contributed by atoms with Crippen molar-refractivity contribution in [2.45, 2.75) is 51.4 Å². The first-order chi connectivity index (χ1) is 27.4. The first-order valence-corrected chi connectivity index (χ1v) is 20.0.